The van der Waals surface area contributed by atoms with E-state index in [4.69, 9.17) is 0 Å². The maximum atomic E-state index is 13.6. The number of halogens is 2. The van der Waals surface area contributed by atoms with Gasteiger partial charge in [-0.15, -0.1) is 0 Å². The van der Waals surface area contributed by atoms with E-state index in [-0.39, 0.29) is 30.1 Å². The summed E-state index contributed by atoms with van der Waals surface area (Å²) in [6.45, 7) is 1.64. The Kier molecular flexibility index (Phi) is 4.66. The molecule has 1 atom stereocenters. The van der Waals surface area contributed by atoms with Gasteiger partial charge >= 0.3 is 0 Å². The quantitative estimate of drug-likeness (QED) is 0.858. The van der Waals surface area contributed by atoms with Gasteiger partial charge in [0.2, 0.25) is 5.91 Å². The summed E-state index contributed by atoms with van der Waals surface area (Å²) in [5, 5.41) is 3.13. The van der Waals surface area contributed by atoms with Crippen LogP contribution in [0.4, 0.5) is 8.78 Å². The van der Waals surface area contributed by atoms with Gasteiger partial charge in [-0.3, -0.25) is 14.2 Å². The minimum atomic E-state index is -0.699. The molecule has 3 rings (SSSR count). The molecule has 0 radical (unpaired) electrons. The predicted octanol–water partition coefficient (Wildman–Crippen LogP) is 1.87. The normalized spacial score (nSPS) is 16.5. The largest absolute Gasteiger partial charge is 0.351 e. The minimum Gasteiger partial charge on any atom is -0.351 e. The number of carbonyl (C=O) groups is 1. The molecule has 2 heterocycles. The van der Waals surface area contributed by atoms with E-state index in [1.807, 2.05) is 0 Å². The molecule has 0 spiro atoms. The van der Waals surface area contributed by atoms with E-state index in [0.29, 0.717) is 16.5 Å². The first-order valence-corrected chi connectivity index (χ1v) is 8.35. The Hall–Kier alpha value is -2.22. The third-order valence-corrected chi connectivity index (χ3v) is 5.02. The maximum absolute atomic E-state index is 13.6. The average molecular weight is 351 g/mol. The first kappa shape index (κ1) is 16.6. The molecule has 0 fully saturated rings. The molecule has 1 unspecified atom stereocenters. The number of rotatable bonds is 3. The van der Waals surface area contributed by atoms with Crippen molar-refractivity contribution in [2.45, 2.75) is 25.2 Å². The highest BCUT2D eigenvalue weighted by Gasteiger charge is 2.27. The monoisotopic (exact) mass is 351 g/mol. The first-order chi connectivity index (χ1) is 11.5. The van der Waals surface area contributed by atoms with Gasteiger partial charge in [0.05, 0.1) is 5.92 Å². The van der Waals surface area contributed by atoms with Crippen molar-refractivity contribution in [3.63, 3.8) is 0 Å². The molecule has 0 bridgehead atoms. The van der Waals surface area contributed by atoms with Gasteiger partial charge in [0.1, 0.15) is 11.6 Å². The van der Waals surface area contributed by atoms with E-state index in [2.05, 4.69) is 10.3 Å². The average Bonchev–Trinajstić information content (AvgIpc) is 2.57. The topological polar surface area (TPSA) is 64.0 Å². The maximum Gasteiger partial charge on any atom is 0.257 e. The van der Waals surface area contributed by atoms with Gasteiger partial charge in [-0.2, -0.15) is 0 Å². The highest BCUT2D eigenvalue weighted by molar-refractivity contribution is 7.99. The Morgan fingerprint density at radius 1 is 1.42 bits per heavy atom. The highest BCUT2D eigenvalue weighted by atomic mass is 32.2. The number of aryl methyl sites for hydroxylation is 1. The summed E-state index contributed by atoms with van der Waals surface area (Å²) in [4.78, 5) is 28.6. The molecule has 1 aromatic carbocycles. The van der Waals surface area contributed by atoms with Crippen molar-refractivity contribution in [2.75, 3.05) is 5.75 Å². The van der Waals surface area contributed by atoms with Crippen LogP contribution in [0, 0.1) is 24.5 Å². The van der Waals surface area contributed by atoms with Crippen LogP contribution < -0.4 is 10.9 Å². The van der Waals surface area contributed by atoms with Crippen molar-refractivity contribution >= 4 is 17.7 Å². The fraction of sp³-hybridized carbons (Fsp3) is 0.312. The van der Waals surface area contributed by atoms with Crippen LogP contribution in [0.25, 0.3) is 0 Å². The van der Waals surface area contributed by atoms with Gasteiger partial charge in [0.25, 0.3) is 5.56 Å². The molecule has 0 saturated carbocycles. The van der Waals surface area contributed by atoms with E-state index in [9.17, 15) is 18.4 Å². The molecule has 1 aliphatic heterocycles. The zero-order valence-electron chi connectivity index (χ0n) is 12.9. The molecule has 1 amide bonds. The van der Waals surface area contributed by atoms with Crippen LogP contribution in [0.1, 0.15) is 11.1 Å². The molecule has 8 heteroatoms. The zero-order valence-corrected chi connectivity index (χ0v) is 13.7. The summed E-state index contributed by atoms with van der Waals surface area (Å²) in [7, 11) is 0. The molecular formula is C16H15F2N3O2S. The van der Waals surface area contributed by atoms with E-state index in [0.717, 1.165) is 12.1 Å². The van der Waals surface area contributed by atoms with Crippen molar-refractivity contribution in [3.05, 3.63) is 57.5 Å². The number of nitrogens with zero attached hydrogens (tertiary/aromatic N) is 2. The number of hydrogen-bond donors (Lipinski definition) is 1. The fourth-order valence-corrected chi connectivity index (χ4v) is 3.53. The molecular weight excluding hydrogens is 336 g/mol. The SMILES string of the molecule is Cc1cnc2n(c1=O)CC(C(=O)NCc1c(F)cccc1F)CS2. The van der Waals surface area contributed by atoms with Crippen LogP contribution in [0.15, 0.2) is 34.3 Å². The van der Waals surface area contributed by atoms with E-state index in [1.165, 1.54) is 28.6 Å². The second-order valence-corrected chi connectivity index (χ2v) is 6.55. The van der Waals surface area contributed by atoms with Gasteiger partial charge in [0.15, 0.2) is 5.16 Å². The molecule has 5 nitrogen and oxygen atoms in total. The van der Waals surface area contributed by atoms with Gasteiger partial charge in [0, 0.05) is 36.2 Å². The molecule has 0 saturated heterocycles. The number of nitrogens with one attached hydrogen (secondary N) is 1. The van der Waals surface area contributed by atoms with Crippen LogP contribution in [-0.4, -0.2) is 21.2 Å². The lowest BCUT2D eigenvalue weighted by Gasteiger charge is -2.24. The van der Waals surface area contributed by atoms with Gasteiger partial charge < -0.3 is 5.32 Å². The van der Waals surface area contributed by atoms with Crippen molar-refractivity contribution in [1.82, 2.24) is 14.9 Å². The predicted molar refractivity (Wildman–Crippen MR) is 85.7 cm³/mol. The lowest BCUT2D eigenvalue weighted by molar-refractivity contribution is -0.125. The number of carbonyl (C=O) groups excluding carboxylic acids is 1. The standard InChI is InChI=1S/C16H15F2N3O2S/c1-9-5-20-16-21(15(9)23)7-10(8-24-16)14(22)19-6-11-12(17)3-2-4-13(11)18/h2-5,10H,6-8H2,1H3,(H,19,22). The number of benzene rings is 1. The minimum absolute atomic E-state index is 0.176. The lowest BCUT2D eigenvalue weighted by atomic mass is 10.1. The number of aromatic nitrogens is 2. The number of thioether (sulfide) groups is 1. The van der Waals surface area contributed by atoms with Crippen molar-refractivity contribution in [3.8, 4) is 0 Å². The van der Waals surface area contributed by atoms with Crippen LogP contribution in [-0.2, 0) is 17.9 Å². The zero-order chi connectivity index (χ0) is 17.3. The number of hydrogen-bond acceptors (Lipinski definition) is 4. The van der Waals surface area contributed by atoms with E-state index < -0.39 is 17.6 Å². The molecule has 24 heavy (non-hydrogen) atoms. The second kappa shape index (κ2) is 6.72. The Labute approximate surface area is 141 Å². The van der Waals surface area contributed by atoms with Gasteiger partial charge in [-0.05, 0) is 19.1 Å². The Morgan fingerprint density at radius 2 is 2.12 bits per heavy atom. The van der Waals surface area contributed by atoms with E-state index >= 15 is 0 Å². The summed E-state index contributed by atoms with van der Waals surface area (Å²) in [6, 6.07) is 3.56. The summed E-state index contributed by atoms with van der Waals surface area (Å²) >= 11 is 1.32. The van der Waals surface area contributed by atoms with Crippen molar-refractivity contribution < 1.29 is 13.6 Å². The van der Waals surface area contributed by atoms with Crippen LogP contribution in [0.5, 0.6) is 0 Å². The summed E-state index contributed by atoms with van der Waals surface area (Å²) < 4.78 is 28.6. The summed E-state index contributed by atoms with van der Waals surface area (Å²) in [6.07, 6.45) is 1.52. The van der Waals surface area contributed by atoms with Crippen LogP contribution >= 0.6 is 11.8 Å². The first-order valence-electron chi connectivity index (χ1n) is 7.37. The van der Waals surface area contributed by atoms with Crippen molar-refractivity contribution in [2.24, 2.45) is 5.92 Å². The molecule has 0 aliphatic carbocycles. The Balaban J connectivity index is 1.71. The van der Waals surface area contributed by atoms with Gasteiger partial charge in [-0.25, -0.2) is 13.8 Å². The highest BCUT2D eigenvalue weighted by Crippen LogP contribution is 2.25. The molecule has 1 N–H and O–H groups in total. The van der Waals surface area contributed by atoms with E-state index in [1.54, 1.807) is 6.92 Å². The van der Waals surface area contributed by atoms with Gasteiger partial charge in [-0.1, -0.05) is 17.8 Å². The summed E-state index contributed by atoms with van der Waals surface area (Å²) in [5.41, 5.74) is 0.156. The lowest BCUT2D eigenvalue weighted by Crippen LogP contribution is -2.40. The third-order valence-electron chi connectivity index (χ3n) is 3.87. The van der Waals surface area contributed by atoms with Crippen LogP contribution in [0.3, 0.4) is 0 Å². The summed E-state index contributed by atoms with van der Waals surface area (Å²) in [5.74, 6) is -1.74. The van der Waals surface area contributed by atoms with Crippen LogP contribution in [0.2, 0.25) is 0 Å². The Morgan fingerprint density at radius 3 is 2.83 bits per heavy atom. The molecule has 1 aromatic heterocycles. The third kappa shape index (κ3) is 3.19. The fourth-order valence-electron chi connectivity index (χ4n) is 2.48. The van der Waals surface area contributed by atoms with Crippen molar-refractivity contribution in [1.29, 1.82) is 0 Å². The molecule has 126 valence electrons. The number of amides is 1. The smallest absolute Gasteiger partial charge is 0.257 e. The second-order valence-electron chi connectivity index (χ2n) is 5.57. The number of fused-ring (bicyclic) bond motifs is 1. The molecule has 2 aromatic rings. The Bertz CT molecular complexity index is 833. The molecule has 1 aliphatic rings.